The first kappa shape index (κ1) is 23.8. The first-order valence-corrected chi connectivity index (χ1v) is 9.84. The molecule has 1 saturated heterocycles. The summed E-state index contributed by atoms with van der Waals surface area (Å²) < 4.78 is 47.0. The third kappa shape index (κ3) is 5.88. The van der Waals surface area contributed by atoms with Crippen molar-refractivity contribution in [2.45, 2.75) is 43.1 Å². The predicted octanol–water partition coefficient (Wildman–Crippen LogP) is 2.39. The molecule has 0 saturated carbocycles. The molecule has 5 unspecified atom stereocenters. The van der Waals surface area contributed by atoms with Crippen molar-refractivity contribution in [3.63, 3.8) is 0 Å². The van der Waals surface area contributed by atoms with Gasteiger partial charge in [-0.25, -0.2) is 0 Å². The van der Waals surface area contributed by atoms with Crippen LogP contribution in [0, 0.1) is 0 Å². The fraction of sp³-hybridized carbons (Fsp3) is 0.429. The number of aliphatic hydroxyl groups excluding tert-OH is 4. The van der Waals surface area contributed by atoms with Gasteiger partial charge in [-0.1, -0.05) is 35.9 Å². The van der Waals surface area contributed by atoms with E-state index in [1.165, 1.54) is 12.1 Å². The fourth-order valence-corrected chi connectivity index (χ4v) is 3.56. The number of benzene rings is 2. The number of ether oxygens (including phenoxy) is 2. The largest absolute Gasteiger partial charge is 0.484 e. The fourth-order valence-electron chi connectivity index (χ4n) is 3.37. The van der Waals surface area contributed by atoms with E-state index in [2.05, 4.69) is 4.74 Å². The molecule has 1 heterocycles. The summed E-state index contributed by atoms with van der Waals surface area (Å²) in [5, 5.41) is 40.0. The standard InChI is InChI=1S/C21H22ClF3O6/c22-15-6-3-12(20-19(29)18(28)17(27)16(9-26)31-20)8-13(15)7-11-1-4-14(5-2-11)30-10-21(23,24)25/h1-6,8,16-20,26-29H,7,9-10H2. The molecule has 4 N–H and O–H groups in total. The van der Waals surface area contributed by atoms with Crippen LogP contribution in [0.25, 0.3) is 0 Å². The lowest BCUT2D eigenvalue weighted by Crippen LogP contribution is -2.55. The van der Waals surface area contributed by atoms with Crippen LogP contribution < -0.4 is 4.74 Å². The molecular weight excluding hydrogens is 441 g/mol. The quantitative estimate of drug-likeness (QED) is 0.526. The maximum Gasteiger partial charge on any atom is 0.422 e. The third-order valence-electron chi connectivity index (χ3n) is 5.01. The Balaban J connectivity index is 1.75. The van der Waals surface area contributed by atoms with Crippen LogP contribution in [0.2, 0.25) is 5.02 Å². The summed E-state index contributed by atoms with van der Waals surface area (Å²) >= 11 is 6.28. The Labute approximate surface area is 181 Å². The Kier molecular flexibility index (Phi) is 7.46. The van der Waals surface area contributed by atoms with E-state index in [-0.39, 0.29) is 5.75 Å². The zero-order chi connectivity index (χ0) is 22.8. The molecule has 2 aromatic carbocycles. The van der Waals surface area contributed by atoms with Gasteiger partial charge in [0.1, 0.15) is 36.3 Å². The van der Waals surface area contributed by atoms with Gasteiger partial charge in [0.05, 0.1) is 6.61 Å². The van der Waals surface area contributed by atoms with Gasteiger partial charge >= 0.3 is 6.18 Å². The minimum Gasteiger partial charge on any atom is -0.484 e. The average Bonchev–Trinajstić information content (AvgIpc) is 2.73. The number of rotatable bonds is 6. The zero-order valence-electron chi connectivity index (χ0n) is 16.2. The van der Waals surface area contributed by atoms with E-state index in [9.17, 15) is 33.6 Å². The molecule has 170 valence electrons. The van der Waals surface area contributed by atoms with Gasteiger partial charge in [-0.3, -0.25) is 0 Å². The predicted molar refractivity (Wildman–Crippen MR) is 105 cm³/mol. The van der Waals surface area contributed by atoms with Crippen LogP contribution in [0.1, 0.15) is 22.8 Å². The normalized spacial score (nSPS) is 26.6. The Morgan fingerprint density at radius 3 is 2.26 bits per heavy atom. The molecule has 10 heteroatoms. The summed E-state index contributed by atoms with van der Waals surface area (Å²) in [5.41, 5.74) is 1.90. The van der Waals surface area contributed by atoms with Gasteiger partial charge in [0.15, 0.2) is 6.61 Å². The van der Waals surface area contributed by atoms with E-state index in [1.807, 2.05) is 0 Å². The maximum absolute atomic E-state index is 12.3. The van der Waals surface area contributed by atoms with Crippen molar-refractivity contribution < 1.29 is 43.1 Å². The molecule has 0 spiro atoms. The van der Waals surface area contributed by atoms with Crippen molar-refractivity contribution in [2.75, 3.05) is 13.2 Å². The highest BCUT2D eigenvalue weighted by atomic mass is 35.5. The van der Waals surface area contributed by atoms with Crippen molar-refractivity contribution in [1.29, 1.82) is 0 Å². The molecule has 6 nitrogen and oxygen atoms in total. The molecule has 2 aromatic rings. The number of aliphatic hydroxyl groups is 4. The highest BCUT2D eigenvalue weighted by molar-refractivity contribution is 6.31. The summed E-state index contributed by atoms with van der Waals surface area (Å²) in [6, 6.07) is 10.9. The summed E-state index contributed by atoms with van der Waals surface area (Å²) in [7, 11) is 0. The van der Waals surface area contributed by atoms with E-state index in [4.69, 9.17) is 16.3 Å². The van der Waals surface area contributed by atoms with Crippen molar-refractivity contribution >= 4 is 11.6 Å². The van der Waals surface area contributed by atoms with Crippen LogP contribution in [-0.2, 0) is 11.2 Å². The van der Waals surface area contributed by atoms with E-state index in [0.29, 0.717) is 22.6 Å². The summed E-state index contributed by atoms with van der Waals surface area (Å²) in [4.78, 5) is 0. The van der Waals surface area contributed by atoms with Gasteiger partial charge in [-0.15, -0.1) is 0 Å². The first-order valence-electron chi connectivity index (χ1n) is 9.46. The second kappa shape index (κ2) is 9.72. The smallest absolute Gasteiger partial charge is 0.422 e. The first-order chi connectivity index (χ1) is 14.6. The van der Waals surface area contributed by atoms with Crippen LogP contribution in [0.3, 0.4) is 0 Å². The summed E-state index contributed by atoms with van der Waals surface area (Å²) in [6.45, 7) is -1.91. The minimum atomic E-state index is -4.42. The van der Waals surface area contributed by atoms with Crippen molar-refractivity contribution in [1.82, 2.24) is 0 Å². The number of halogens is 4. The molecule has 0 aliphatic carbocycles. The van der Waals surface area contributed by atoms with E-state index >= 15 is 0 Å². The Morgan fingerprint density at radius 2 is 1.65 bits per heavy atom. The molecule has 0 aromatic heterocycles. The second-order valence-corrected chi connectivity index (χ2v) is 7.73. The number of alkyl halides is 3. The molecule has 1 fully saturated rings. The average molecular weight is 463 g/mol. The van der Waals surface area contributed by atoms with Gasteiger partial charge in [0.2, 0.25) is 0 Å². The monoisotopic (exact) mass is 462 g/mol. The van der Waals surface area contributed by atoms with Crippen molar-refractivity contribution in [2.24, 2.45) is 0 Å². The van der Waals surface area contributed by atoms with Crippen LogP contribution in [0.5, 0.6) is 5.75 Å². The third-order valence-corrected chi connectivity index (χ3v) is 5.38. The SMILES string of the molecule is OCC1OC(c2ccc(Cl)c(Cc3ccc(OCC(F)(F)F)cc3)c2)C(O)C(O)C1O. The molecule has 3 rings (SSSR count). The lowest BCUT2D eigenvalue weighted by atomic mass is 9.90. The van der Waals surface area contributed by atoms with Gasteiger partial charge < -0.3 is 29.9 Å². The molecule has 5 atom stereocenters. The highest BCUT2D eigenvalue weighted by Gasteiger charge is 2.44. The van der Waals surface area contributed by atoms with Crippen LogP contribution >= 0.6 is 11.6 Å². The Morgan fingerprint density at radius 1 is 0.968 bits per heavy atom. The summed E-state index contributed by atoms with van der Waals surface area (Å²) in [5.74, 6) is 0.0854. The lowest BCUT2D eigenvalue weighted by molar-refractivity contribution is -0.231. The molecule has 31 heavy (non-hydrogen) atoms. The zero-order valence-corrected chi connectivity index (χ0v) is 16.9. The number of hydrogen-bond donors (Lipinski definition) is 4. The van der Waals surface area contributed by atoms with Crippen LogP contribution in [0.4, 0.5) is 13.2 Å². The second-order valence-electron chi connectivity index (χ2n) is 7.32. The van der Waals surface area contributed by atoms with E-state index in [0.717, 1.165) is 5.56 Å². The van der Waals surface area contributed by atoms with Crippen molar-refractivity contribution in [3.8, 4) is 5.75 Å². The highest BCUT2D eigenvalue weighted by Crippen LogP contribution is 2.34. The van der Waals surface area contributed by atoms with Crippen LogP contribution in [-0.4, -0.2) is 64.2 Å². The van der Waals surface area contributed by atoms with Gasteiger partial charge in [0, 0.05) is 5.02 Å². The lowest BCUT2D eigenvalue weighted by Gasteiger charge is -2.40. The molecule has 1 aliphatic heterocycles. The topological polar surface area (TPSA) is 99.4 Å². The molecule has 0 radical (unpaired) electrons. The molecule has 0 amide bonds. The maximum atomic E-state index is 12.3. The molecular formula is C21H22ClF3O6. The van der Waals surface area contributed by atoms with E-state index < -0.39 is 49.9 Å². The summed E-state index contributed by atoms with van der Waals surface area (Å²) in [6.07, 6.45) is -10.5. The molecule has 0 bridgehead atoms. The Bertz CT molecular complexity index is 874. The van der Waals surface area contributed by atoms with Gasteiger partial charge in [-0.05, 0) is 41.3 Å². The molecule has 1 aliphatic rings. The van der Waals surface area contributed by atoms with Gasteiger partial charge in [-0.2, -0.15) is 13.2 Å². The van der Waals surface area contributed by atoms with Crippen molar-refractivity contribution in [3.05, 3.63) is 64.2 Å². The number of hydrogen-bond acceptors (Lipinski definition) is 6. The van der Waals surface area contributed by atoms with E-state index in [1.54, 1.807) is 30.3 Å². The van der Waals surface area contributed by atoms with Crippen LogP contribution in [0.15, 0.2) is 42.5 Å². The minimum absolute atomic E-state index is 0.0854. The Hall–Kier alpha value is -1.88. The van der Waals surface area contributed by atoms with Gasteiger partial charge in [0.25, 0.3) is 0 Å².